The second kappa shape index (κ2) is 8.90. The summed E-state index contributed by atoms with van der Waals surface area (Å²) < 4.78 is 0. The Balaban J connectivity index is 1.82. The minimum Gasteiger partial charge on any atom is -0.481 e. The topological polar surface area (TPSA) is 57.6 Å². The number of benzene rings is 2. The molecule has 1 amide bonds. The van der Waals surface area contributed by atoms with Crippen LogP contribution in [0.1, 0.15) is 29.9 Å². The molecule has 1 N–H and O–H groups in total. The predicted octanol–water partition coefficient (Wildman–Crippen LogP) is 3.63. The van der Waals surface area contributed by atoms with Crippen molar-refractivity contribution in [3.8, 4) is 0 Å². The van der Waals surface area contributed by atoms with Gasteiger partial charge in [-0.3, -0.25) is 9.59 Å². The van der Waals surface area contributed by atoms with E-state index in [0.717, 1.165) is 16.9 Å². The lowest BCUT2D eigenvalue weighted by Gasteiger charge is -2.35. The molecule has 1 aliphatic rings. The number of aliphatic carboxylic acids is 1. The lowest BCUT2D eigenvalue weighted by atomic mass is 9.88. The average Bonchev–Trinajstić information content (AvgIpc) is 2.67. The minimum atomic E-state index is -0.849. The Hall–Kier alpha value is -2.27. The predicted molar refractivity (Wildman–Crippen MR) is 104 cm³/mol. The van der Waals surface area contributed by atoms with E-state index in [2.05, 4.69) is 0 Å². The fourth-order valence-corrected chi connectivity index (χ4v) is 4.51. The van der Waals surface area contributed by atoms with Gasteiger partial charge in [0.2, 0.25) is 5.91 Å². The van der Waals surface area contributed by atoms with Gasteiger partial charge in [0.1, 0.15) is 0 Å². The molecule has 0 aromatic heterocycles. The van der Waals surface area contributed by atoms with E-state index in [1.807, 2.05) is 60.7 Å². The van der Waals surface area contributed by atoms with Gasteiger partial charge in [0.05, 0.1) is 12.5 Å². The number of nitrogens with zero attached hydrogens (tertiary/aromatic N) is 1. The number of carboxylic acids is 1. The van der Waals surface area contributed by atoms with Gasteiger partial charge >= 0.3 is 5.97 Å². The molecule has 5 heteroatoms. The van der Waals surface area contributed by atoms with Gasteiger partial charge in [0, 0.05) is 30.4 Å². The smallest absolute Gasteiger partial charge is 0.305 e. The third-order valence-electron chi connectivity index (χ3n) is 4.74. The van der Waals surface area contributed by atoms with Crippen LogP contribution < -0.4 is 0 Å². The van der Waals surface area contributed by atoms with Crippen LogP contribution in [0.25, 0.3) is 0 Å². The number of hydrogen-bond donors (Lipinski definition) is 1. The number of thioether (sulfide) groups is 1. The Bertz CT molecular complexity index is 696. The highest BCUT2D eigenvalue weighted by atomic mass is 32.2. The monoisotopic (exact) mass is 369 g/mol. The van der Waals surface area contributed by atoms with Crippen LogP contribution in [0, 0.1) is 0 Å². The molecule has 0 aliphatic carbocycles. The quantitative estimate of drug-likeness (QED) is 0.845. The average molecular weight is 369 g/mol. The molecule has 2 aromatic carbocycles. The fraction of sp³-hybridized carbons (Fsp3) is 0.333. The second-order valence-electron chi connectivity index (χ2n) is 6.49. The SMILES string of the molecule is O=C(O)CC1CSCCN1C(=O)CC(c1ccccc1)c1ccccc1. The molecule has 3 rings (SSSR count). The van der Waals surface area contributed by atoms with E-state index in [1.165, 1.54) is 0 Å². The Morgan fingerprint density at radius 1 is 1.04 bits per heavy atom. The Morgan fingerprint density at radius 3 is 2.15 bits per heavy atom. The van der Waals surface area contributed by atoms with Crippen LogP contribution in [0.3, 0.4) is 0 Å². The summed E-state index contributed by atoms with van der Waals surface area (Å²) in [6.07, 6.45) is 0.370. The first-order valence-electron chi connectivity index (χ1n) is 8.84. The van der Waals surface area contributed by atoms with Gasteiger partial charge in [-0.15, -0.1) is 0 Å². The lowest BCUT2D eigenvalue weighted by molar-refractivity contribution is -0.140. The number of hydrogen-bond acceptors (Lipinski definition) is 3. The molecule has 1 fully saturated rings. The van der Waals surface area contributed by atoms with E-state index < -0.39 is 5.97 Å². The van der Waals surface area contributed by atoms with Crippen molar-refractivity contribution in [3.05, 3.63) is 71.8 Å². The molecule has 0 saturated carbocycles. The zero-order valence-electron chi connectivity index (χ0n) is 14.6. The highest BCUT2D eigenvalue weighted by Crippen LogP contribution is 2.30. The first kappa shape index (κ1) is 18.5. The molecule has 4 nitrogen and oxygen atoms in total. The third kappa shape index (κ3) is 4.67. The van der Waals surface area contributed by atoms with Crippen LogP contribution in [0.2, 0.25) is 0 Å². The van der Waals surface area contributed by atoms with Gasteiger partial charge in [-0.2, -0.15) is 11.8 Å². The highest BCUT2D eigenvalue weighted by Gasteiger charge is 2.30. The summed E-state index contributed by atoms with van der Waals surface area (Å²) in [4.78, 5) is 26.0. The molecule has 0 bridgehead atoms. The van der Waals surface area contributed by atoms with Crippen LogP contribution in [-0.2, 0) is 9.59 Å². The molecule has 1 atom stereocenters. The van der Waals surface area contributed by atoms with E-state index in [-0.39, 0.29) is 24.3 Å². The van der Waals surface area contributed by atoms with Crippen molar-refractivity contribution in [1.82, 2.24) is 4.90 Å². The van der Waals surface area contributed by atoms with Crippen molar-refractivity contribution in [2.24, 2.45) is 0 Å². The summed E-state index contributed by atoms with van der Waals surface area (Å²) in [6.45, 7) is 0.623. The standard InChI is InChI=1S/C21H23NO3S/c23-20(22-11-12-26-15-18(22)13-21(24)25)14-19(16-7-3-1-4-8-16)17-9-5-2-6-10-17/h1-10,18-19H,11-15H2,(H,24,25). The number of carbonyl (C=O) groups is 2. The van der Waals surface area contributed by atoms with Gasteiger partial charge in [-0.25, -0.2) is 0 Å². The van der Waals surface area contributed by atoms with Gasteiger partial charge < -0.3 is 10.0 Å². The van der Waals surface area contributed by atoms with Crippen molar-refractivity contribution in [1.29, 1.82) is 0 Å². The summed E-state index contributed by atoms with van der Waals surface area (Å²) in [5.74, 6) is 0.722. The van der Waals surface area contributed by atoms with E-state index >= 15 is 0 Å². The first-order chi connectivity index (χ1) is 12.6. The van der Waals surface area contributed by atoms with Crippen molar-refractivity contribution in [2.45, 2.75) is 24.8 Å². The van der Waals surface area contributed by atoms with E-state index in [1.54, 1.807) is 16.7 Å². The van der Waals surface area contributed by atoms with Crippen LogP contribution in [0.5, 0.6) is 0 Å². The minimum absolute atomic E-state index is 0.0140. The summed E-state index contributed by atoms with van der Waals surface area (Å²) in [7, 11) is 0. The molecular formula is C21H23NO3S. The lowest BCUT2D eigenvalue weighted by Crippen LogP contribution is -2.47. The first-order valence-corrected chi connectivity index (χ1v) is 9.99. The molecule has 1 saturated heterocycles. The number of rotatable bonds is 6. The molecular weight excluding hydrogens is 346 g/mol. The summed E-state index contributed by atoms with van der Waals surface area (Å²) >= 11 is 1.72. The summed E-state index contributed by atoms with van der Waals surface area (Å²) in [6, 6.07) is 19.9. The molecule has 1 unspecified atom stereocenters. The molecule has 1 aliphatic heterocycles. The number of carbonyl (C=O) groups excluding carboxylic acids is 1. The van der Waals surface area contributed by atoms with Crippen molar-refractivity contribution in [3.63, 3.8) is 0 Å². The van der Waals surface area contributed by atoms with Crippen molar-refractivity contribution < 1.29 is 14.7 Å². The maximum Gasteiger partial charge on any atom is 0.305 e. The van der Waals surface area contributed by atoms with Crippen LogP contribution in [-0.4, -0.2) is 46.0 Å². The second-order valence-corrected chi connectivity index (χ2v) is 7.64. The van der Waals surface area contributed by atoms with E-state index in [9.17, 15) is 9.59 Å². The maximum atomic E-state index is 13.1. The van der Waals surface area contributed by atoms with E-state index in [0.29, 0.717) is 18.7 Å². The molecule has 0 spiro atoms. The van der Waals surface area contributed by atoms with Crippen LogP contribution >= 0.6 is 11.8 Å². The largest absolute Gasteiger partial charge is 0.481 e. The zero-order valence-corrected chi connectivity index (χ0v) is 15.4. The molecule has 26 heavy (non-hydrogen) atoms. The van der Waals surface area contributed by atoms with Gasteiger partial charge in [-0.1, -0.05) is 60.7 Å². The van der Waals surface area contributed by atoms with Crippen LogP contribution in [0.4, 0.5) is 0 Å². The van der Waals surface area contributed by atoms with Crippen molar-refractivity contribution in [2.75, 3.05) is 18.1 Å². The zero-order chi connectivity index (χ0) is 18.4. The Morgan fingerprint density at radius 2 is 1.62 bits per heavy atom. The van der Waals surface area contributed by atoms with Crippen molar-refractivity contribution >= 4 is 23.6 Å². The number of carboxylic acid groups (broad SMARTS) is 1. The summed E-state index contributed by atoms with van der Waals surface area (Å²) in [5, 5.41) is 9.16. The van der Waals surface area contributed by atoms with Gasteiger partial charge in [0.25, 0.3) is 0 Å². The van der Waals surface area contributed by atoms with Gasteiger partial charge in [0.15, 0.2) is 0 Å². The summed E-state index contributed by atoms with van der Waals surface area (Å²) in [5.41, 5.74) is 2.21. The molecule has 136 valence electrons. The fourth-order valence-electron chi connectivity index (χ4n) is 3.44. The Kier molecular flexibility index (Phi) is 6.34. The highest BCUT2D eigenvalue weighted by molar-refractivity contribution is 7.99. The van der Waals surface area contributed by atoms with Crippen LogP contribution in [0.15, 0.2) is 60.7 Å². The van der Waals surface area contributed by atoms with E-state index in [4.69, 9.17) is 5.11 Å². The molecule has 0 radical (unpaired) electrons. The molecule has 1 heterocycles. The Labute approximate surface area is 158 Å². The maximum absolute atomic E-state index is 13.1. The molecule has 2 aromatic rings. The van der Waals surface area contributed by atoms with Gasteiger partial charge in [-0.05, 0) is 11.1 Å². The normalized spacial score (nSPS) is 17.3. The number of amides is 1. The third-order valence-corrected chi connectivity index (χ3v) is 5.83.